The first-order valence-corrected chi connectivity index (χ1v) is 11.7. The molecule has 0 bridgehead atoms. The van der Waals surface area contributed by atoms with E-state index in [9.17, 15) is 13.2 Å². The second-order valence-electron chi connectivity index (χ2n) is 7.66. The summed E-state index contributed by atoms with van der Waals surface area (Å²) < 4.78 is 31.6. The lowest BCUT2D eigenvalue weighted by atomic mass is 10.1. The van der Waals surface area contributed by atoms with E-state index in [0.29, 0.717) is 30.0 Å². The highest BCUT2D eigenvalue weighted by Crippen LogP contribution is 2.28. The zero-order valence-corrected chi connectivity index (χ0v) is 18.3. The van der Waals surface area contributed by atoms with Gasteiger partial charge in [-0.1, -0.05) is 35.0 Å². The number of hydrogen-bond donors (Lipinski definition) is 1. The quantitative estimate of drug-likeness (QED) is 0.653. The molecule has 1 amide bonds. The molecule has 31 heavy (non-hydrogen) atoms. The molecule has 0 unspecified atom stereocenters. The predicted octanol–water partition coefficient (Wildman–Crippen LogP) is 3.21. The second-order valence-corrected chi connectivity index (χ2v) is 9.67. The Morgan fingerprint density at radius 1 is 1.16 bits per heavy atom. The summed E-state index contributed by atoms with van der Waals surface area (Å²) in [6.07, 6.45) is 1.46. The molecule has 1 aliphatic heterocycles. The highest BCUT2D eigenvalue weighted by molar-refractivity contribution is 7.92. The van der Waals surface area contributed by atoms with Gasteiger partial charge < -0.3 is 9.84 Å². The van der Waals surface area contributed by atoms with Crippen LogP contribution in [0, 0.1) is 13.8 Å². The lowest BCUT2D eigenvalue weighted by Crippen LogP contribution is -2.38. The number of anilines is 1. The molecule has 1 N–H and O–H groups in total. The van der Waals surface area contributed by atoms with Crippen LogP contribution in [0.25, 0.3) is 11.4 Å². The SMILES string of the molecule is Cc1cccc(-c2noc(CNC(=O)c3ccc(C)c(N4CCCCS4(=O)=O)c3)n2)c1. The molecule has 0 atom stereocenters. The van der Waals surface area contributed by atoms with E-state index in [1.54, 1.807) is 18.2 Å². The normalized spacial score (nSPS) is 15.6. The van der Waals surface area contributed by atoms with Gasteiger partial charge in [-0.15, -0.1) is 0 Å². The zero-order valence-electron chi connectivity index (χ0n) is 17.5. The zero-order chi connectivity index (χ0) is 22.0. The number of rotatable bonds is 5. The lowest BCUT2D eigenvalue weighted by molar-refractivity contribution is 0.0946. The first-order valence-electron chi connectivity index (χ1n) is 10.1. The molecule has 8 nitrogen and oxygen atoms in total. The monoisotopic (exact) mass is 440 g/mol. The van der Waals surface area contributed by atoms with Crippen LogP contribution in [-0.2, 0) is 16.6 Å². The van der Waals surface area contributed by atoms with Crippen molar-refractivity contribution in [3.05, 3.63) is 65.0 Å². The summed E-state index contributed by atoms with van der Waals surface area (Å²) in [5.41, 5.74) is 3.66. The van der Waals surface area contributed by atoms with Crippen molar-refractivity contribution in [2.24, 2.45) is 0 Å². The number of amides is 1. The maximum Gasteiger partial charge on any atom is 0.251 e. The molecular weight excluding hydrogens is 416 g/mol. The van der Waals surface area contributed by atoms with Crippen LogP contribution in [-0.4, -0.2) is 36.8 Å². The number of carbonyl (C=O) groups is 1. The van der Waals surface area contributed by atoms with Crippen molar-refractivity contribution in [1.82, 2.24) is 15.5 Å². The maximum absolute atomic E-state index is 12.7. The van der Waals surface area contributed by atoms with Crippen molar-refractivity contribution in [1.29, 1.82) is 0 Å². The van der Waals surface area contributed by atoms with Crippen LogP contribution >= 0.6 is 0 Å². The molecule has 0 aliphatic carbocycles. The van der Waals surface area contributed by atoms with Crippen LogP contribution in [0.4, 0.5) is 5.69 Å². The summed E-state index contributed by atoms with van der Waals surface area (Å²) in [4.78, 5) is 17.0. The van der Waals surface area contributed by atoms with Crippen LogP contribution in [0.1, 0.15) is 40.2 Å². The standard InChI is InChI=1S/C22H24N4O4S/c1-15-6-5-7-17(12-15)21-24-20(30-25-21)14-23-22(27)18-9-8-16(2)19(13-18)26-10-3-4-11-31(26,28)29/h5-9,12-13H,3-4,10-11,14H2,1-2H3,(H,23,27). The Labute approximate surface area is 181 Å². The molecule has 1 saturated heterocycles. The van der Waals surface area contributed by atoms with Crippen molar-refractivity contribution in [2.45, 2.75) is 33.2 Å². The minimum atomic E-state index is -3.36. The second kappa shape index (κ2) is 8.50. The molecule has 0 spiro atoms. The Bertz CT molecular complexity index is 1220. The maximum atomic E-state index is 12.7. The fourth-order valence-electron chi connectivity index (χ4n) is 3.56. The van der Waals surface area contributed by atoms with Crippen LogP contribution in [0.5, 0.6) is 0 Å². The van der Waals surface area contributed by atoms with Crippen molar-refractivity contribution >= 4 is 21.6 Å². The molecule has 3 aromatic rings. The third kappa shape index (κ3) is 4.61. The van der Waals surface area contributed by atoms with E-state index in [0.717, 1.165) is 23.1 Å². The summed E-state index contributed by atoms with van der Waals surface area (Å²) in [7, 11) is -3.36. The highest BCUT2D eigenvalue weighted by Gasteiger charge is 2.27. The number of nitrogens with one attached hydrogen (secondary N) is 1. The van der Waals surface area contributed by atoms with E-state index >= 15 is 0 Å². The molecule has 1 aromatic heterocycles. The third-order valence-electron chi connectivity index (χ3n) is 5.23. The molecule has 4 rings (SSSR count). The van der Waals surface area contributed by atoms with Crippen LogP contribution in [0.2, 0.25) is 0 Å². The Morgan fingerprint density at radius 2 is 2.00 bits per heavy atom. The van der Waals surface area contributed by atoms with Gasteiger partial charge in [-0.3, -0.25) is 9.10 Å². The van der Waals surface area contributed by atoms with E-state index in [4.69, 9.17) is 4.52 Å². The minimum absolute atomic E-state index is 0.0723. The number of aryl methyl sites for hydroxylation is 2. The van der Waals surface area contributed by atoms with E-state index in [1.165, 1.54) is 4.31 Å². The van der Waals surface area contributed by atoms with E-state index in [2.05, 4.69) is 15.5 Å². The predicted molar refractivity (Wildman–Crippen MR) is 117 cm³/mol. The van der Waals surface area contributed by atoms with Gasteiger partial charge in [-0.05, 0) is 50.5 Å². The van der Waals surface area contributed by atoms with Crippen molar-refractivity contribution < 1.29 is 17.7 Å². The molecule has 9 heteroatoms. The topological polar surface area (TPSA) is 105 Å². The fourth-order valence-corrected chi connectivity index (χ4v) is 5.26. The Kier molecular flexibility index (Phi) is 5.77. The van der Waals surface area contributed by atoms with Gasteiger partial charge in [-0.25, -0.2) is 8.42 Å². The highest BCUT2D eigenvalue weighted by atomic mass is 32.2. The van der Waals surface area contributed by atoms with Gasteiger partial charge in [0.2, 0.25) is 21.7 Å². The van der Waals surface area contributed by atoms with Crippen LogP contribution in [0.3, 0.4) is 0 Å². The molecule has 2 heterocycles. The van der Waals surface area contributed by atoms with Crippen LogP contribution in [0.15, 0.2) is 47.0 Å². The van der Waals surface area contributed by atoms with Gasteiger partial charge in [0.05, 0.1) is 18.0 Å². The summed E-state index contributed by atoms with van der Waals surface area (Å²) in [6, 6.07) is 12.8. The van der Waals surface area contributed by atoms with Gasteiger partial charge >= 0.3 is 0 Å². The Hall–Kier alpha value is -3.20. The average Bonchev–Trinajstić information content (AvgIpc) is 3.22. The molecule has 0 radical (unpaired) electrons. The molecule has 1 fully saturated rings. The van der Waals surface area contributed by atoms with Gasteiger partial charge in [0, 0.05) is 17.7 Å². The molecule has 2 aromatic carbocycles. The van der Waals surface area contributed by atoms with Gasteiger partial charge in [0.15, 0.2) is 0 Å². The number of aromatic nitrogens is 2. The van der Waals surface area contributed by atoms with Crippen molar-refractivity contribution in [3.8, 4) is 11.4 Å². The minimum Gasteiger partial charge on any atom is -0.343 e. The first-order chi connectivity index (χ1) is 14.8. The fraction of sp³-hybridized carbons (Fsp3) is 0.318. The van der Waals surface area contributed by atoms with E-state index in [1.807, 2.05) is 38.1 Å². The number of nitrogens with zero attached hydrogens (tertiary/aromatic N) is 3. The van der Waals surface area contributed by atoms with Gasteiger partial charge in [-0.2, -0.15) is 4.98 Å². The Balaban J connectivity index is 1.47. The number of carbonyl (C=O) groups excluding carboxylic acids is 1. The van der Waals surface area contributed by atoms with E-state index < -0.39 is 10.0 Å². The molecule has 0 saturated carbocycles. The smallest absolute Gasteiger partial charge is 0.251 e. The number of benzene rings is 2. The average molecular weight is 441 g/mol. The number of hydrogen-bond acceptors (Lipinski definition) is 6. The summed E-state index contributed by atoms with van der Waals surface area (Å²) >= 11 is 0. The number of sulfonamides is 1. The summed E-state index contributed by atoms with van der Waals surface area (Å²) in [5, 5.41) is 6.73. The summed E-state index contributed by atoms with van der Waals surface area (Å²) in [5.74, 6) is 0.533. The van der Waals surface area contributed by atoms with E-state index in [-0.39, 0.29) is 24.1 Å². The first kappa shape index (κ1) is 21.0. The third-order valence-corrected chi connectivity index (χ3v) is 7.09. The van der Waals surface area contributed by atoms with Gasteiger partial charge in [0.25, 0.3) is 5.91 Å². The summed E-state index contributed by atoms with van der Waals surface area (Å²) in [6.45, 7) is 4.32. The lowest BCUT2D eigenvalue weighted by Gasteiger charge is -2.29. The molecular formula is C22H24N4O4S. The van der Waals surface area contributed by atoms with Crippen molar-refractivity contribution in [2.75, 3.05) is 16.6 Å². The van der Waals surface area contributed by atoms with Crippen molar-refractivity contribution in [3.63, 3.8) is 0 Å². The molecule has 1 aliphatic rings. The molecule has 162 valence electrons. The van der Waals surface area contributed by atoms with Gasteiger partial charge in [0.1, 0.15) is 0 Å². The Morgan fingerprint density at radius 3 is 2.77 bits per heavy atom. The largest absolute Gasteiger partial charge is 0.343 e. The van der Waals surface area contributed by atoms with Crippen LogP contribution < -0.4 is 9.62 Å².